The lowest BCUT2D eigenvalue weighted by Gasteiger charge is -2.17. The van der Waals surface area contributed by atoms with E-state index in [2.05, 4.69) is 16.4 Å². The number of hydrogen-bond acceptors (Lipinski definition) is 3. The lowest BCUT2D eigenvalue weighted by molar-refractivity contribution is -0.117. The highest BCUT2D eigenvalue weighted by atomic mass is 32.2. The van der Waals surface area contributed by atoms with Crippen LogP contribution >= 0.6 is 0 Å². The molecule has 0 bridgehead atoms. The average Bonchev–Trinajstić information content (AvgIpc) is 2.74. The molecular formula is C14H21N3O3S. The van der Waals surface area contributed by atoms with Gasteiger partial charge in [-0.2, -0.15) is 8.42 Å². The Hall–Kier alpha value is -1.60. The number of carbonyl (C=O) groups excluding carboxylic acids is 1. The van der Waals surface area contributed by atoms with Crippen LogP contribution in [0.5, 0.6) is 0 Å². The largest absolute Gasteiger partial charge is 0.312 e. The van der Waals surface area contributed by atoms with Crippen molar-refractivity contribution in [3.8, 4) is 0 Å². The predicted octanol–water partition coefficient (Wildman–Crippen LogP) is 1.64. The molecule has 0 aliphatic carbocycles. The molecule has 1 aliphatic heterocycles. The van der Waals surface area contributed by atoms with Gasteiger partial charge in [0.25, 0.3) is 10.2 Å². The van der Waals surface area contributed by atoms with Gasteiger partial charge in [0, 0.05) is 19.3 Å². The molecule has 21 heavy (non-hydrogen) atoms. The van der Waals surface area contributed by atoms with E-state index < -0.39 is 10.2 Å². The summed E-state index contributed by atoms with van der Waals surface area (Å²) in [5, 5.41) is 0. The van der Waals surface area contributed by atoms with Crippen LogP contribution in [0.15, 0.2) is 18.2 Å². The summed E-state index contributed by atoms with van der Waals surface area (Å²) in [6, 6.07) is 5.21. The van der Waals surface area contributed by atoms with E-state index in [9.17, 15) is 13.2 Å². The van der Waals surface area contributed by atoms with Crippen molar-refractivity contribution in [2.45, 2.75) is 32.6 Å². The van der Waals surface area contributed by atoms with Gasteiger partial charge in [0.05, 0.1) is 12.1 Å². The van der Waals surface area contributed by atoms with E-state index in [1.807, 2.05) is 0 Å². The molecule has 0 atom stereocenters. The zero-order valence-electron chi connectivity index (χ0n) is 12.3. The van der Waals surface area contributed by atoms with Crippen molar-refractivity contribution in [3.63, 3.8) is 0 Å². The minimum atomic E-state index is -3.53. The van der Waals surface area contributed by atoms with Gasteiger partial charge < -0.3 is 4.90 Å². The molecule has 0 saturated carbocycles. The summed E-state index contributed by atoms with van der Waals surface area (Å²) in [6.45, 7) is 2.85. The summed E-state index contributed by atoms with van der Waals surface area (Å²) in [5.74, 6) is 0.0785. The maximum atomic E-state index is 12.1. The summed E-state index contributed by atoms with van der Waals surface area (Å²) in [4.78, 5) is 13.8. The lowest BCUT2D eigenvalue weighted by Crippen LogP contribution is -2.27. The van der Waals surface area contributed by atoms with Crippen molar-refractivity contribution in [2.75, 3.05) is 23.2 Å². The van der Waals surface area contributed by atoms with Crippen LogP contribution in [0.2, 0.25) is 0 Å². The Morgan fingerprint density at radius 3 is 2.71 bits per heavy atom. The summed E-state index contributed by atoms with van der Waals surface area (Å²) >= 11 is 0. The number of unbranched alkanes of at least 4 members (excludes halogenated alkanes) is 2. The third-order valence-electron chi connectivity index (χ3n) is 3.52. The Morgan fingerprint density at radius 2 is 2.05 bits per heavy atom. The fraction of sp³-hybridized carbons (Fsp3) is 0.500. The quantitative estimate of drug-likeness (QED) is 0.751. The van der Waals surface area contributed by atoms with Gasteiger partial charge in [-0.25, -0.2) is 4.72 Å². The summed E-state index contributed by atoms with van der Waals surface area (Å²) in [7, 11) is -2.19. The number of benzene rings is 1. The van der Waals surface area contributed by atoms with Crippen LogP contribution in [-0.2, 0) is 21.4 Å². The van der Waals surface area contributed by atoms with Crippen LogP contribution in [-0.4, -0.2) is 27.9 Å². The fourth-order valence-electron chi connectivity index (χ4n) is 2.42. The zero-order valence-corrected chi connectivity index (χ0v) is 13.2. The molecule has 1 aromatic carbocycles. The Morgan fingerprint density at radius 1 is 1.29 bits per heavy atom. The van der Waals surface area contributed by atoms with Crippen molar-refractivity contribution in [1.82, 2.24) is 4.72 Å². The molecule has 0 spiro atoms. The molecule has 0 fully saturated rings. The molecule has 0 radical (unpaired) electrons. The van der Waals surface area contributed by atoms with Crippen molar-refractivity contribution >= 4 is 27.5 Å². The van der Waals surface area contributed by atoms with E-state index in [4.69, 9.17) is 0 Å². The monoisotopic (exact) mass is 311 g/mol. The first-order valence-electron chi connectivity index (χ1n) is 7.11. The SMILES string of the molecule is CCCCCN1C(=O)Cc2cc(NS(=O)(=O)NC)ccc21. The number of carbonyl (C=O) groups is 1. The molecule has 0 saturated heterocycles. The minimum absolute atomic E-state index is 0.0785. The molecule has 2 rings (SSSR count). The maximum Gasteiger partial charge on any atom is 0.298 e. The van der Waals surface area contributed by atoms with Gasteiger partial charge >= 0.3 is 0 Å². The van der Waals surface area contributed by atoms with Gasteiger partial charge in [0.1, 0.15) is 0 Å². The number of amides is 1. The highest BCUT2D eigenvalue weighted by Gasteiger charge is 2.27. The first-order valence-corrected chi connectivity index (χ1v) is 8.59. The van der Waals surface area contributed by atoms with Gasteiger partial charge in [-0.05, 0) is 30.2 Å². The molecule has 0 unspecified atom stereocenters. The molecule has 2 N–H and O–H groups in total. The smallest absolute Gasteiger partial charge is 0.298 e. The van der Waals surface area contributed by atoms with E-state index in [0.29, 0.717) is 12.1 Å². The third-order valence-corrected chi connectivity index (χ3v) is 4.56. The normalized spacial score (nSPS) is 14.4. The summed E-state index contributed by atoms with van der Waals surface area (Å²) in [5.41, 5.74) is 2.22. The van der Waals surface area contributed by atoms with Crippen LogP contribution < -0.4 is 14.3 Å². The number of rotatable bonds is 7. The highest BCUT2D eigenvalue weighted by Crippen LogP contribution is 2.31. The van der Waals surface area contributed by atoms with E-state index >= 15 is 0 Å². The Balaban J connectivity index is 2.15. The second-order valence-electron chi connectivity index (χ2n) is 5.08. The standard InChI is InChI=1S/C14H21N3O3S/c1-3-4-5-8-17-13-7-6-12(16-21(19,20)15-2)9-11(13)10-14(17)18/h6-7,9,15-16H,3-5,8,10H2,1-2H3. The fourth-order valence-corrected chi connectivity index (χ4v) is 2.96. The molecule has 1 aromatic rings. The van der Waals surface area contributed by atoms with E-state index in [0.717, 1.165) is 37.1 Å². The van der Waals surface area contributed by atoms with Gasteiger partial charge in [-0.3, -0.25) is 9.52 Å². The minimum Gasteiger partial charge on any atom is -0.312 e. The van der Waals surface area contributed by atoms with Crippen molar-refractivity contribution in [2.24, 2.45) is 0 Å². The number of anilines is 2. The molecule has 1 amide bonds. The highest BCUT2D eigenvalue weighted by molar-refractivity contribution is 7.90. The van der Waals surface area contributed by atoms with Crippen LogP contribution in [0.25, 0.3) is 0 Å². The topological polar surface area (TPSA) is 78.5 Å². The first kappa shape index (κ1) is 15.8. The van der Waals surface area contributed by atoms with Crippen molar-refractivity contribution in [1.29, 1.82) is 0 Å². The number of fused-ring (bicyclic) bond motifs is 1. The van der Waals surface area contributed by atoms with Crippen molar-refractivity contribution in [3.05, 3.63) is 23.8 Å². The van der Waals surface area contributed by atoms with Crippen LogP contribution in [0.3, 0.4) is 0 Å². The first-order chi connectivity index (χ1) is 9.96. The lowest BCUT2D eigenvalue weighted by atomic mass is 10.1. The molecule has 1 aliphatic rings. The molecule has 7 heteroatoms. The van der Waals surface area contributed by atoms with Crippen LogP contribution in [0.4, 0.5) is 11.4 Å². The molecule has 0 aromatic heterocycles. The summed E-state index contributed by atoms with van der Waals surface area (Å²) < 4.78 is 27.5. The van der Waals surface area contributed by atoms with E-state index in [1.165, 1.54) is 7.05 Å². The van der Waals surface area contributed by atoms with E-state index in [1.54, 1.807) is 23.1 Å². The summed E-state index contributed by atoms with van der Waals surface area (Å²) in [6.07, 6.45) is 3.52. The average molecular weight is 311 g/mol. The number of hydrogen-bond donors (Lipinski definition) is 2. The second-order valence-corrected chi connectivity index (χ2v) is 6.70. The van der Waals surface area contributed by atoms with Gasteiger partial charge in [-0.15, -0.1) is 0 Å². The second kappa shape index (κ2) is 6.44. The van der Waals surface area contributed by atoms with Crippen LogP contribution in [0.1, 0.15) is 31.7 Å². The van der Waals surface area contributed by atoms with Gasteiger partial charge in [0.15, 0.2) is 0 Å². The van der Waals surface area contributed by atoms with Gasteiger partial charge in [-0.1, -0.05) is 19.8 Å². The Bertz CT molecular complexity index is 628. The Kier molecular flexibility index (Phi) is 4.84. The molecular weight excluding hydrogens is 290 g/mol. The zero-order chi connectivity index (χ0) is 15.5. The molecule has 6 nitrogen and oxygen atoms in total. The van der Waals surface area contributed by atoms with Crippen LogP contribution in [0, 0.1) is 0 Å². The third kappa shape index (κ3) is 3.74. The maximum absolute atomic E-state index is 12.1. The van der Waals surface area contributed by atoms with Gasteiger partial charge in [0.2, 0.25) is 5.91 Å². The Labute approximate surface area is 125 Å². The van der Waals surface area contributed by atoms with Crippen molar-refractivity contribution < 1.29 is 13.2 Å². The number of nitrogens with zero attached hydrogens (tertiary/aromatic N) is 1. The number of nitrogens with one attached hydrogen (secondary N) is 2. The molecule has 116 valence electrons. The predicted molar refractivity (Wildman–Crippen MR) is 83.6 cm³/mol. The molecule has 1 heterocycles. The van der Waals surface area contributed by atoms with E-state index in [-0.39, 0.29) is 5.91 Å².